The number of para-hydroxylation sites is 1. The third-order valence-electron chi connectivity index (χ3n) is 2.26. The van der Waals surface area contributed by atoms with Gasteiger partial charge in [-0.15, -0.1) is 0 Å². The van der Waals surface area contributed by atoms with E-state index in [-0.39, 0.29) is 13.2 Å². The number of carbonyl (C=O) groups is 1. The maximum atomic E-state index is 11.7. The Bertz CT molecular complexity index is 379. The summed E-state index contributed by atoms with van der Waals surface area (Å²) in [6, 6.07) is 4.92. The van der Waals surface area contributed by atoms with Crippen molar-refractivity contribution in [2.45, 2.75) is 12.8 Å². The van der Waals surface area contributed by atoms with Crippen LogP contribution in [0.3, 0.4) is 0 Å². The molecule has 0 fully saturated rings. The van der Waals surface area contributed by atoms with Gasteiger partial charge in [0, 0.05) is 6.61 Å². The van der Waals surface area contributed by atoms with Crippen LogP contribution in [0.4, 0.5) is 5.69 Å². The number of nitrogens with two attached hydrogens (primary N) is 1. The largest absolute Gasteiger partial charge is 0.494 e. The number of benzene rings is 1. The van der Waals surface area contributed by atoms with Crippen LogP contribution in [0.15, 0.2) is 18.2 Å². The summed E-state index contributed by atoms with van der Waals surface area (Å²) < 4.78 is 10.1. The molecule has 1 aromatic carbocycles. The topological polar surface area (TPSA) is 81.8 Å². The number of anilines is 1. The molecule has 0 amide bonds. The van der Waals surface area contributed by atoms with Gasteiger partial charge in [-0.1, -0.05) is 6.07 Å². The molecule has 0 spiro atoms. The second-order valence-electron chi connectivity index (χ2n) is 3.49. The van der Waals surface area contributed by atoms with Crippen LogP contribution in [0.1, 0.15) is 23.2 Å². The zero-order chi connectivity index (χ0) is 12.7. The van der Waals surface area contributed by atoms with Crippen molar-refractivity contribution in [3.05, 3.63) is 23.8 Å². The number of aliphatic hydroxyl groups is 1. The predicted molar refractivity (Wildman–Crippen MR) is 64.0 cm³/mol. The zero-order valence-corrected chi connectivity index (χ0v) is 9.81. The summed E-state index contributed by atoms with van der Waals surface area (Å²) in [5.41, 5.74) is 6.40. The van der Waals surface area contributed by atoms with Crippen molar-refractivity contribution in [1.29, 1.82) is 0 Å². The number of aliphatic hydroxyl groups excluding tert-OH is 1. The number of hydrogen-bond donors (Lipinski definition) is 2. The van der Waals surface area contributed by atoms with Crippen LogP contribution in [0.5, 0.6) is 5.75 Å². The number of esters is 1. The quantitative estimate of drug-likeness (QED) is 0.443. The average molecular weight is 239 g/mol. The van der Waals surface area contributed by atoms with Gasteiger partial charge in [0.2, 0.25) is 0 Å². The van der Waals surface area contributed by atoms with Crippen molar-refractivity contribution >= 4 is 11.7 Å². The Morgan fingerprint density at radius 1 is 1.41 bits per heavy atom. The molecule has 0 aromatic heterocycles. The summed E-state index contributed by atoms with van der Waals surface area (Å²) in [5.74, 6) is -0.133. The van der Waals surface area contributed by atoms with Crippen LogP contribution in [0.2, 0.25) is 0 Å². The molecule has 5 heteroatoms. The predicted octanol–water partition coefficient (Wildman–Crippen LogP) is 1.21. The summed E-state index contributed by atoms with van der Waals surface area (Å²) >= 11 is 0. The standard InChI is InChI=1S/C12H17NO4/c1-16-11-9(5-4-6-10(11)13)12(15)17-8-3-2-7-14/h4-6,14H,2-3,7-8,13H2,1H3. The van der Waals surface area contributed by atoms with Gasteiger partial charge < -0.3 is 20.3 Å². The van der Waals surface area contributed by atoms with Gasteiger partial charge in [0.15, 0.2) is 5.75 Å². The van der Waals surface area contributed by atoms with Crippen molar-refractivity contribution in [1.82, 2.24) is 0 Å². The maximum absolute atomic E-state index is 11.7. The molecule has 0 radical (unpaired) electrons. The third kappa shape index (κ3) is 3.64. The molecule has 0 heterocycles. The van der Waals surface area contributed by atoms with E-state index >= 15 is 0 Å². The summed E-state index contributed by atoms with van der Waals surface area (Å²) in [6.45, 7) is 0.372. The molecule has 0 saturated heterocycles. The van der Waals surface area contributed by atoms with Crippen LogP contribution < -0.4 is 10.5 Å². The summed E-state index contributed by atoms with van der Waals surface area (Å²) in [5, 5.41) is 8.59. The molecule has 17 heavy (non-hydrogen) atoms. The van der Waals surface area contributed by atoms with Gasteiger partial charge in [0.05, 0.1) is 19.4 Å². The Balaban J connectivity index is 2.65. The third-order valence-corrected chi connectivity index (χ3v) is 2.26. The number of carbonyl (C=O) groups excluding carboxylic acids is 1. The summed E-state index contributed by atoms with van der Waals surface area (Å²) in [7, 11) is 1.45. The van der Waals surface area contributed by atoms with Gasteiger partial charge in [-0.3, -0.25) is 0 Å². The van der Waals surface area contributed by atoms with Gasteiger partial charge >= 0.3 is 5.97 Å². The van der Waals surface area contributed by atoms with E-state index in [2.05, 4.69) is 0 Å². The van der Waals surface area contributed by atoms with E-state index in [4.69, 9.17) is 20.3 Å². The number of ether oxygens (including phenoxy) is 2. The van der Waals surface area contributed by atoms with Gasteiger partial charge in [-0.25, -0.2) is 4.79 Å². The first-order chi connectivity index (χ1) is 8.20. The number of hydrogen-bond acceptors (Lipinski definition) is 5. The number of rotatable bonds is 6. The van der Waals surface area contributed by atoms with Gasteiger partial charge in [0.25, 0.3) is 0 Å². The second-order valence-corrected chi connectivity index (χ2v) is 3.49. The first-order valence-corrected chi connectivity index (χ1v) is 5.41. The van der Waals surface area contributed by atoms with Crippen molar-refractivity contribution < 1.29 is 19.4 Å². The van der Waals surface area contributed by atoms with E-state index in [1.165, 1.54) is 7.11 Å². The van der Waals surface area contributed by atoms with E-state index in [9.17, 15) is 4.79 Å². The number of unbranched alkanes of at least 4 members (excludes halogenated alkanes) is 1. The molecule has 0 aliphatic heterocycles. The first kappa shape index (κ1) is 13.3. The average Bonchev–Trinajstić information content (AvgIpc) is 2.34. The minimum atomic E-state index is -0.466. The highest BCUT2D eigenvalue weighted by atomic mass is 16.5. The van der Waals surface area contributed by atoms with Gasteiger partial charge in [0.1, 0.15) is 5.56 Å². The van der Waals surface area contributed by atoms with Crippen LogP contribution in [0, 0.1) is 0 Å². The lowest BCUT2D eigenvalue weighted by Crippen LogP contribution is -2.09. The fraction of sp³-hybridized carbons (Fsp3) is 0.417. The minimum absolute atomic E-state index is 0.0964. The molecule has 3 N–H and O–H groups in total. The normalized spacial score (nSPS) is 10.0. The van der Waals surface area contributed by atoms with Crippen molar-refractivity contribution in [3.63, 3.8) is 0 Å². The lowest BCUT2D eigenvalue weighted by Gasteiger charge is -2.10. The molecule has 0 saturated carbocycles. The molecule has 1 aromatic rings. The van der Waals surface area contributed by atoms with Crippen LogP contribution in [0.25, 0.3) is 0 Å². The van der Waals surface area contributed by atoms with E-state index in [0.29, 0.717) is 29.8 Å². The molecule has 1 rings (SSSR count). The number of nitrogen functional groups attached to an aromatic ring is 1. The molecule has 0 aliphatic carbocycles. The monoisotopic (exact) mass is 239 g/mol. The highest BCUT2D eigenvalue weighted by Gasteiger charge is 2.15. The molecule has 0 aliphatic rings. The highest BCUT2D eigenvalue weighted by Crippen LogP contribution is 2.26. The Morgan fingerprint density at radius 3 is 2.82 bits per heavy atom. The van der Waals surface area contributed by atoms with Gasteiger partial charge in [-0.2, -0.15) is 0 Å². The van der Waals surface area contributed by atoms with Crippen molar-refractivity contribution in [2.75, 3.05) is 26.1 Å². The van der Waals surface area contributed by atoms with Crippen molar-refractivity contribution in [3.8, 4) is 5.75 Å². The lowest BCUT2D eigenvalue weighted by molar-refractivity contribution is 0.0489. The molecular formula is C12H17NO4. The molecule has 5 nitrogen and oxygen atoms in total. The van der Waals surface area contributed by atoms with E-state index < -0.39 is 5.97 Å². The van der Waals surface area contributed by atoms with Crippen LogP contribution in [-0.2, 0) is 4.74 Å². The Morgan fingerprint density at radius 2 is 2.18 bits per heavy atom. The summed E-state index contributed by atoms with van der Waals surface area (Å²) in [6.07, 6.45) is 1.24. The van der Waals surface area contributed by atoms with Crippen molar-refractivity contribution in [2.24, 2.45) is 0 Å². The molecular weight excluding hydrogens is 222 g/mol. The SMILES string of the molecule is COc1c(N)cccc1C(=O)OCCCCO. The fourth-order valence-corrected chi connectivity index (χ4v) is 1.40. The summed E-state index contributed by atoms with van der Waals surface area (Å²) in [4.78, 5) is 11.7. The minimum Gasteiger partial charge on any atom is -0.494 e. The lowest BCUT2D eigenvalue weighted by atomic mass is 10.2. The number of methoxy groups -OCH3 is 1. The Labute approximate surface area is 100 Å². The highest BCUT2D eigenvalue weighted by molar-refractivity contribution is 5.94. The zero-order valence-electron chi connectivity index (χ0n) is 9.81. The van der Waals surface area contributed by atoms with E-state index in [1.807, 2.05) is 0 Å². The Kier molecular flexibility index (Phi) is 5.29. The molecule has 0 atom stereocenters. The van der Waals surface area contributed by atoms with E-state index in [0.717, 1.165) is 0 Å². The maximum Gasteiger partial charge on any atom is 0.342 e. The molecule has 94 valence electrons. The fourth-order valence-electron chi connectivity index (χ4n) is 1.40. The molecule has 0 bridgehead atoms. The first-order valence-electron chi connectivity index (χ1n) is 5.41. The molecule has 0 unspecified atom stereocenters. The Hall–Kier alpha value is -1.75. The van der Waals surface area contributed by atoms with Crippen LogP contribution in [-0.4, -0.2) is 31.4 Å². The smallest absolute Gasteiger partial charge is 0.342 e. The van der Waals surface area contributed by atoms with E-state index in [1.54, 1.807) is 18.2 Å². The van der Waals surface area contributed by atoms with Gasteiger partial charge in [-0.05, 0) is 25.0 Å². The second kappa shape index (κ2) is 6.75. The van der Waals surface area contributed by atoms with Crippen LogP contribution >= 0.6 is 0 Å².